The maximum atomic E-state index is 12.3. The van der Waals surface area contributed by atoms with E-state index in [4.69, 9.17) is 0 Å². The van der Waals surface area contributed by atoms with Gasteiger partial charge in [-0.25, -0.2) is 0 Å². The smallest absolute Gasteiger partial charge is 0.314 e. The van der Waals surface area contributed by atoms with Gasteiger partial charge in [0.15, 0.2) is 0 Å². The number of hydrogen-bond donors (Lipinski definition) is 4. The third-order valence-electron chi connectivity index (χ3n) is 4.29. The molecule has 1 amide bonds. The maximum absolute atomic E-state index is 12.3. The Kier molecular flexibility index (Phi) is 3.30. The van der Waals surface area contributed by atoms with Crippen molar-refractivity contribution in [3.63, 3.8) is 0 Å². The molecule has 0 aliphatic heterocycles. The quantitative estimate of drug-likeness (QED) is 0.519. The molecule has 8 nitrogen and oxygen atoms in total. The summed E-state index contributed by atoms with van der Waals surface area (Å²) in [6.45, 7) is 0.352. The van der Waals surface area contributed by atoms with Gasteiger partial charge < -0.3 is 15.3 Å². The van der Waals surface area contributed by atoms with Crippen molar-refractivity contribution in [2.45, 2.75) is 25.8 Å². The molecular weight excluding hydrogens is 310 g/mol. The fraction of sp³-hybridized carbons (Fsp3) is 0.250. The Balaban J connectivity index is 1.55. The van der Waals surface area contributed by atoms with Crippen LogP contribution in [-0.2, 0) is 19.4 Å². The number of rotatable bonds is 3. The molecule has 0 saturated carbocycles. The lowest BCUT2D eigenvalue weighted by atomic mass is 10.1. The summed E-state index contributed by atoms with van der Waals surface area (Å²) in [7, 11) is 0. The molecule has 0 fully saturated rings. The van der Waals surface area contributed by atoms with Crippen molar-refractivity contribution < 1.29 is 4.79 Å². The highest BCUT2D eigenvalue weighted by Gasteiger charge is 2.18. The number of benzene rings is 1. The van der Waals surface area contributed by atoms with Gasteiger partial charge in [0.2, 0.25) is 0 Å². The lowest BCUT2D eigenvalue weighted by Crippen LogP contribution is -2.29. The Morgan fingerprint density at radius 1 is 1.12 bits per heavy atom. The van der Waals surface area contributed by atoms with Crippen LogP contribution in [-0.4, -0.2) is 26.1 Å². The van der Waals surface area contributed by atoms with Gasteiger partial charge in [-0.05, 0) is 43.0 Å². The Morgan fingerprint density at radius 3 is 2.75 bits per heavy atom. The average molecular weight is 325 g/mol. The van der Waals surface area contributed by atoms with Crippen LogP contribution >= 0.6 is 0 Å². The van der Waals surface area contributed by atoms with Crippen molar-refractivity contribution in [3.05, 3.63) is 61.4 Å². The SMILES string of the molecule is O=C(NCc1n[nH]c2c1CCC2)c1ccc2[nH]c(=O)c(=O)[nH]c2c1. The summed E-state index contributed by atoms with van der Waals surface area (Å²) < 4.78 is 0. The predicted molar refractivity (Wildman–Crippen MR) is 87.0 cm³/mol. The van der Waals surface area contributed by atoms with Gasteiger partial charge in [-0.1, -0.05) is 0 Å². The Hall–Kier alpha value is -3.16. The first-order valence-corrected chi connectivity index (χ1v) is 7.71. The van der Waals surface area contributed by atoms with Crippen molar-refractivity contribution in [1.82, 2.24) is 25.5 Å². The summed E-state index contributed by atoms with van der Waals surface area (Å²) >= 11 is 0. The molecule has 1 aliphatic rings. The van der Waals surface area contributed by atoms with E-state index in [-0.39, 0.29) is 5.91 Å². The molecule has 0 unspecified atom stereocenters. The molecule has 4 N–H and O–H groups in total. The molecule has 3 aromatic rings. The second kappa shape index (κ2) is 5.48. The number of fused-ring (bicyclic) bond motifs is 2. The highest BCUT2D eigenvalue weighted by molar-refractivity contribution is 5.97. The van der Waals surface area contributed by atoms with Crippen LogP contribution in [0, 0.1) is 0 Å². The molecule has 122 valence electrons. The summed E-state index contributed by atoms with van der Waals surface area (Å²) in [4.78, 5) is 39.9. The normalized spacial score (nSPS) is 13.2. The van der Waals surface area contributed by atoms with E-state index in [1.54, 1.807) is 12.1 Å². The van der Waals surface area contributed by atoms with Crippen molar-refractivity contribution in [1.29, 1.82) is 0 Å². The van der Waals surface area contributed by atoms with Crippen LogP contribution < -0.4 is 16.4 Å². The third-order valence-corrected chi connectivity index (χ3v) is 4.29. The standard InChI is InChI=1S/C16H15N5O3/c22-14(17-7-13-9-2-1-3-10(9)20-21-13)8-4-5-11-12(6-8)19-16(24)15(23)18-11/h4-6H,1-3,7H2,(H,17,22)(H,18,23)(H,19,24)(H,20,21). The largest absolute Gasteiger partial charge is 0.346 e. The van der Waals surface area contributed by atoms with Crippen LogP contribution in [0.3, 0.4) is 0 Å². The second-order valence-corrected chi connectivity index (χ2v) is 5.83. The number of carbonyl (C=O) groups excluding carboxylic acids is 1. The van der Waals surface area contributed by atoms with Gasteiger partial charge in [0.25, 0.3) is 5.91 Å². The first kappa shape index (κ1) is 14.4. The van der Waals surface area contributed by atoms with Crippen LogP contribution in [0.1, 0.15) is 33.7 Å². The van der Waals surface area contributed by atoms with Gasteiger partial charge in [0.05, 0.1) is 23.3 Å². The van der Waals surface area contributed by atoms with Gasteiger partial charge in [-0.2, -0.15) is 5.10 Å². The molecule has 1 aliphatic carbocycles. The second-order valence-electron chi connectivity index (χ2n) is 5.83. The van der Waals surface area contributed by atoms with E-state index in [9.17, 15) is 14.4 Å². The Bertz CT molecular complexity index is 1060. The Morgan fingerprint density at radius 2 is 1.92 bits per heavy atom. The van der Waals surface area contributed by atoms with Crippen LogP contribution in [0.5, 0.6) is 0 Å². The molecule has 4 rings (SSSR count). The lowest BCUT2D eigenvalue weighted by molar-refractivity contribution is 0.0950. The summed E-state index contributed by atoms with van der Waals surface area (Å²) in [5.41, 5.74) is 3.06. The van der Waals surface area contributed by atoms with Crippen LogP contribution in [0.15, 0.2) is 27.8 Å². The zero-order valence-electron chi connectivity index (χ0n) is 12.7. The Labute approximate surface area is 135 Å². The van der Waals surface area contributed by atoms with E-state index in [2.05, 4.69) is 25.5 Å². The van der Waals surface area contributed by atoms with Gasteiger partial charge in [0, 0.05) is 11.3 Å². The highest BCUT2D eigenvalue weighted by atomic mass is 16.2. The fourth-order valence-corrected chi connectivity index (χ4v) is 3.06. The number of carbonyl (C=O) groups is 1. The van der Waals surface area contributed by atoms with E-state index in [1.165, 1.54) is 11.6 Å². The number of aromatic amines is 3. The number of aryl methyl sites for hydroxylation is 1. The van der Waals surface area contributed by atoms with Crippen LogP contribution in [0.25, 0.3) is 11.0 Å². The number of aromatic nitrogens is 4. The van der Waals surface area contributed by atoms with Crippen molar-refractivity contribution in [2.75, 3.05) is 0 Å². The van der Waals surface area contributed by atoms with Gasteiger partial charge in [0.1, 0.15) is 0 Å². The predicted octanol–water partition coefficient (Wildman–Crippen LogP) is 0.358. The topological polar surface area (TPSA) is 123 Å². The van der Waals surface area contributed by atoms with Crippen molar-refractivity contribution in [2.24, 2.45) is 0 Å². The fourth-order valence-electron chi connectivity index (χ4n) is 3.06. The number of nitrogens with one attached hydrogen (secondary N) is 4. The van der Waals surface area contributed by atoms with Crippen molar-refractivity contribution in [3.8, 4) is 0 Å². The number of nitrogens with zero attached hydrogens (tertiary/aromatic N) is 1. The minimum atomic E-state index is -0.743. The number of hydrogen-bond acceptors (Lipinski definition) is 4. The zero-order chi connectivity index (χ0) is 16.7. The third kappa shape index (κ3) is 2.41. The summed E-state index contributed by atoms with van der Waals surface area (Å²) in [5, 5.41) is 10.1. The highest BCUT2D eigenvalue weighted by Crippen LogP contribution is 2.22. The molecule has 0 saturated heterocycles. The molecular formula is C16H15N5O3. The molecule has 8 heteroatoms. The van der Waals surface area contributed by atoms with E-state index >= 15 is 0 Å². The lowest BCUT2D eigenvalue weighted by Gasteiger charge is -2.06. The van der Waals surface area contributed by atoms with E-state index in [0.29, 0.717) is 23.1 Å². The number of H-pyrrole nitrogens is 3. The molecule has 0 atom stereocenters. The average Bonchev–Trinajstić information content (AvgIpc) is 3.17. The molecule has 0 radical (unpaired) electrons. The number of amides is 1. The molecule has 2 heterocycles. The molecule has 0 spiro atoms. The first-order valence-electron chi connectivity index (χ1n) is 7.71. The maximum Gasteiger partial charge on any atom is 0.314 e. The van der Waals surface area contributed by atoms with Gasteiger partial charge in [-0.15, -0.1) is 0 Å². The van der Waals surface area contributed by atoms with E-state index in [0.717, 1.165) is 30.7 Å². The van der Waals surface area contributed by atoms with Crippen LogP contribution in [0.2, 0.25) is 0 Å². The van der Waals surface area contributed by atoms with Crippen molar-refractivity contribution >= 4 is 16.9 Å². The van der Waals surface area contributed by atoms with E-state index < -0.39 is 11.1 Å². The molecule has 1 aromatic carbocycles. The molecule has 0 bridgehead atoms. The summed E-state index contributed by atoms with van der Waals surface area (Å²) in [6.07, 6.45) is 3.11. The van der Waals surface area contributed by atoms with Gasteiger partial charge >= 0.3 is 11.1 Å². The van der Waals surface area contributed by atoms with Gasteiger partial charge in [-0.3, -0.25) is 19.5 Å². The minimum Gasteiger partial charge on any atom is -0.346 e. The summed E-state index contributed by atoms with van der Waals surface area (Å²) in [6, 6.07) is 4.73. The molecule has 2 aromatic heterocycles. The first-order chi connectivity index (χ1) is 11.6. The minimum absolute atomic E-state index is 0.265. The monoisotopic (exact) mass is 325 g/mol. The van der Waals surface area contributed by atoms with E-state index in [1.807, 2.05) is 0 Å². The van der Waals surface area contributed by atoms with Crippen LogP contribution in [0.4, 0.5) is 0 Å². The zero-order valence-corrected chi connectivity index (χ0v) is 12.7. The molecule has 24 heavy (non-hydrogen) atoms. The summed E-state index contributed by atoms with van der Waals surface area (Å²) in [5.74, 6) is -0.265.